The van der Waals surface area contributed by atoms with E-state index in [2.05, 4.69) is 48.1 Å². The number of aryl methyl sites for hydroxylation is 3. The Morgan fingerprint density at radius 1 is 1.13 bits per heavy atom. The number of rotatable bonds is 3. The molecular weight excluding hydrogens is 374 g/mol. The Labute approximate surface area is 177 Å². The van der Waals surface area contributed by atoms with Crippen LogP contribution in [0.15, 0.2) is 30.3 Å². The van der Waals surface area contributed by atoms with Gasteiger partial charge in [0.25, 0.3) is 5.91 Å². The zero-order valence-corrected chi connectivity index (χ0v) is 18.1. The van der Waals surface area contributed by atoms with Crippen LogP contribution in [0, 0.1) is 13.8 Å². The smallest absolute Gasteiger partial charge is 0.254 e. The highest BCUT2D eigenvalue weighted by molar-refractivity contribution is 6.07. The summed E-state index contributed by atoms with van der Waals surface area (Å²) >= 11 is 0. The van der Waals surface area contributed by atoms with Gasteiger partial charge in [-0.3, -0.25) is 9.69 Å². The summed E-state index contributed by atoms with van der Waals surface area (Å²) in [5.41, 5.74) is 5.48. The highest BCUT2D eigenvalue weighted by atomic mass is 16.2. The molecule has 1 amide bonds. The second-order valence-electron chi connectivity index (χ2n) is 8.60. The first-order valence-electron chi connectivity index (χ1n) is 11.0. The summed E-state index contributed by atoms with van der Waals surface area (Å²) in [6.45, 7) is 10.6. The van der Waals surface area contributed by atoms with E-state index in [1.165, 1.54) is 24.9 Å². The fourth-order valence-corrected chi connectivity index (χ4v) is 4.96. The Kier molecular flexibility index (Phi) is 4.82. The topological polar surface area (TPSA) is 54.3 Å². The molecule has 0 aliphatic carbocycles. The van der Waals surface area contributed by atoms with Gasteiger partial charge >= 0.3 is 0 Å². The molecule has 2 fully saturated rings. The predicted octanol–water partition coefficient (Wildman–Crippen LogP) is 3.66. The van der Waals surface area contributed by atoms with Crippen molar-refractivity contribution in [1.82, 2.24) is 24.6 Å². The lowest BCUT2D eigenvalue weighted by molar-refractivity contribution is 0.0573. The van der Waals surface area contributed by atoms with E-state index in [0.717, 1.165) is 59.7 Å². The lowest BCUT2D eigenvalue weighted by Crippen LogP contribution is -2.52. The van der Waals surface area contributed by atoms with Crippen molar-refractivity contribution < 1.29 is 4.79 Å². The van der Waals surface area contributed by atoms with Crippen molar-refractivity contribution in [2.45, 2.75) is 46.2 Å². The fourth-order valence-electron chi connectivity index (χ4n) is 4.96. The molecule has 6 heteroatoms. The maximum atomic E-state index is 13.7. The Hall–Kier alpha value is -2.73. The molecule has 2 saturated heterocycles. The van der Waals surface area contributed by atoms with Gasteiger partial charge in [0.15, 0.2) is 5.65 Å². The third kappa shape index (κ3) is 3.19. The maximum absolute atomic E-state index is 13.7. The number of hydrogen-bond donors (Lipinski definition) is 0. The molecule has 1 aromatic carbocycles. The van der Waals surface area contributed by atoms with E-state index >= 15 is 0 Å². The van der Waals surface area contributed by atoms with Crippen molar-refractivity contribution in [2.24, 2.45) is 0 Å². The molecule has 0 radical (unpaired) electrons. The molecule has 156 valence electrons. The average molecular weight is 404 g/mol. The molecule has 0 saturated carbocycles. The second kappa shape index (κ2) is 7.51. The molecule has 2 aliphatic rings. The summed E-state index contributed by atoms with van der Waals surface area (Å²) in [5, 5.41) is 5.57. The third-order valence-corrected chi connectivity index (χ3v) is 6.63. The number of carbonyl (C=O) groups excluding carboxylic acids is 1. The number of aromatic nitrogens is 3. The van der Waals surface area contributed by atoms with Crippen LogP contribution in [0.1, 0.15) is 41.4 Å². The Balaban J connectivity index is 1.61. The van der Waals surface area contributed by atoms with Gasteiger partial charge in [0.2, 0.25) is 0 Å². The van der Waals surface area contributed by atoms with E-state index in [-0.39, 0.29) is 5.91 Å². The molecule has 0 bridgehead atoms. The first kappa shape index (κ1) is 19.2. The minimum Gasteiger partial charge on any atom is -0.336 e. The predicted molar refractivity (Wildman–Crippen MR) is 119 cm³/mol. The quantitative estimate of drug-likeness (QED) is 0.670. The van der Waals surface area contributed by atoms with E-state index in [0.29, 0.717) is 6.04 Å². The SMILES string of the molecule is CCn1nc(C)c2c(C(=O)N3CCN4CCCC4C3)cc(-c3ccc(C)cc3)nc21. The first-order valence-corrected chi connectivity index (χ1v) is 11.0. The van der Waals surface area contributed by atoms with Crippen LogP contribution in [0.25, 0.3) is 22.3 Å². The van der Waals surface area contributed by atoms with Crippen LogP contribution >= 0.6 is 0 Å². The molecule has 30 heavy (non-hydrogen) atoms. The number of nitrogens with zero attached hydrogens (tertiary/aromatic N) is 5. The highest BCUT2D eigenvalue weighted by Crippen LogP contribution is 2.30. The van der Waals surface area contributed by atoms with Gasteiger partial charge in [-0.2, -0.15) is 5.10 Å². The number of benzene rings is 1. The van der Waals surface area contributed by atoms with E-state index in [1.54, 1.807) is 0 Å². The average Bonchev–Trinajstić information content (AvgIpc) is 3.36. The Morgan fingerprint density at radius 3 is 2.70 bits per heavy atom. The molecule has 6 nitrogen and oxygen atoms in total. The second-order valence-corrected chi connectivity index (χ2v) is 8.60. The van der Waals surface area contributed by atoms with Crippen molar-refractivity contribution in [3.05, 3.63) is 47.2 Å². The number of carbonyl (C=O) groups is 1. The molecular formula is C24H29N5O. The molecule has 1 unspecified atom stereocenters. The van der Waals surface area contributed by atoms with Crippen molar-refractivity contribution in [3.8, 4) is 11.3 Å². The summed E-state index contributed by atoms with van der Waals surface area (Å²) in [5.74, 6) is 0.112. The van der Waals surface area contributed by atoms with Crippen LogP contribution in [0.3, 0.4) is 0 Å². The van der Waals surface area contributed by atoms with Gasteiger partial charge in [-0.05, 0) is 46.2 Å². The number of amides is 1. The van der Waals surface area contributed by atoms with Crippen molar-refractivity contribution >= 4 is 16.9 Å². The minimum atomic E-state index is 0.112. The van der Waals surface area contributed by atoms with E-state index < -0.39 is 0 Å². The van der Waals surface area contributed by atoms with Gasteiger partial charge in [0.1, 0.15) is 0 Å². The van der Waals surface area contributed by atoms with Gasteiger partial charge in [-0.25, -0.2) is 9.67 Å². The lowest BCUT2D eigenvalue weighted by Gasteiger charge is -2.37. The Bertz CT molecular complexity index is 1100. The zero-order valence-electron chi connectivity index (χ0n) is 18.1. The molecule has 3 aromatic rings. The zero-order chi connectivity index (χ0) is 20.8. The van der Waals surface area contributed by atoms with Gasteiger partial charge in [0, 0.05) is 37.8 Å². The fraction of sp³-hybridized carbons (Fsp3) is 0.458. The van der Waals surface area contributed by atoms with Crippen LogP contribution in [0.2, 0.25) is 0 Å². The summed E-state index contributed by atoms with van der Waals surface area (Å²) in [4.78, 5) is 23.2. The molecule has 0 N–H and O–H groups in total. The summed E-state index contributed by atoms with van der Waals surface area (Å²) in [7, 11) is 0. The highest BCUT2D eigenvalue weighted by Gasteiger charge is 2.34. The molecule has 5 rings (SSSR count). The van der Waals surface area contributed by atoms with Gasteiger partial charge < -0.3 is 4.90 Å². The number of pyridine rings is 1. The number of piperazine rings is 1. The number of hydrogen-bond acceptors (Lipinski definition) is 4. The molecule has 2 aliphatic heterocycles. The van der Waals surface area contributed by atoms with E-state index in [1.807, 2.05) is 22.6 Å². The third-order valence-electron chi connectivity index (χ3n) is 6.63. The van der Waals surface area contributed by atoms with Gasteiger partial charge in [0.05, 0.1) is 22.3 Å². The summed E-state index contributed by atoms with van der Waals surface area (Å²) in [6.07, 6.45) is 2.43. The molecule has 4 heterocycles. The van der Waals surface area contributed by atoms with Crippen LogP contribution in [0.5, 0.6) is 0 Å². The van der Waals surface area contributed by atoms with Crippen LogP contribution in [0.4, 0.5) is 0 Å². The van der Waals surface area contributed by atoms with Gasteiger partial charge in [-0.1, -0.05) is 29.8 Å². The normalized spacial score (nSPS) is 19.4. The van der Waals surface area contributed by atoms with Crippen LogP contribution in [-0.2, 0) is 6.54 Å². The number of fused-ring (bicyclic) bond motifs is 2. The molecule has 0 spiro atoms. The summed E-state index contributed by atoms with van der Waals surface area (Å²) < 4.78 is 1.91. The van der Waals surface area contributed by atoms with Crippen LogP contribution in [-0.4, -0.2) is 62.7 Å². The van der Waals surface area contributed by atoms with Crippen molar-refractivity contribution in [2.75, 3.05) is 26.2 Å². The van der Waals surface area contributed by atoms with E-state index in [9.17, 15) is 4.79 Å². The maximum Gasteiger partial charge on any atom is 0.254 e. The lowest BCUT2D eigenvalue weighted by atomic mass is 10.0. The Morgan fingerprint density at radius 2 is 1.93 bits per heavy atom. The van der Waals surface area contributed by atoms with Crippen LogP contribution < -0.4 is 0 Å². The van der Waals surface area contributed by atoms with E-state index in [4.69, 9.17) is 4.98 Å². The standard InChI is InChI=1S/C24H29N5O/c1-4-29-23-22(17(3)26-29)20(14-21(25-23)18-9-7-16(2)8-10-18)24(30)28-13-12-27-11-5-6-19(27)15-28/h7-10,14,19H,4-6,11-13,15H2,1-3H3. The van der Waals surface area contributed by atoms with Gasteiger partial charge in [-0.15, -0.1) is 0 Å². The van der Waals surface area contributed by atoms with Crippen molar-refractivity contribution in [3.63, 3.8) is 0 Å². The molecule has 1 atom stereocenters. The largest absolute Gasteiger partial charge is 0.336 e. The minimum absolute atomic E-state index is 0.112. The first-order chi connectivity index (χ1) is 14.5. The van der Waals surface area contributed by atoms with Crippen molar-refractivity contribution in [1.29, 1.82) is 0 Å². The monoisotopic (exact) mass is 403 g/mol. The summed E-state index contributed by atoms with van der Waals surface area (Å²) in [6, 6.07) is 10.8. The molecule has 2 aromatic heterocycles.